The van der Waals surface area contributed by atoms with Crippen molar-refractivity contribution in [1.29, 1.82) is 0 Å². The zero-order valence-corrected chi connectivity index (χ0v) is 13.9. The van der Waals surface area contributed by atoms with Crippen LogP contribution in [0.4, 0.5) is 0 Å². The smallest absolute Gasteiger partial charge is 0.255 e. The van der Waals surface area contributed by atoms with Crippen LogP contribution in [0.2, 0.25) is 0 Å². The van der Waals surface area contributed by atoms with Crippen LogP contribution in [0.15, 0.2) is 30.3 Å². The van der Waals surface area contributed by atoms with E-state index >= 15 is 0 Å². The molecule has 1 heterocycles. The van der Waals surface area contributed by atoms with Crippen molar-refractivity contribution in [3.63, 3.8) is 0 Å². The van der Waals surface area contributed by atoms with E-state index in [1.54, 1.807) is 0 Å². The van der Waals surface area contributed by atoms with Crippen LogP contribution in [0, 0.1) is 5.41 Å². The molecule has 22 heavy (non-hydrogen) atoms. The van der Waals surface area contributed by atoms with Gasteiger partial charge in [0.25, 0.3) is 5.91 Å². The number of piperidine rings is 1. The van der Waals surface area contributed by atoms with Crippen LogP contribution in [-0.2, 0) is 11.3 Å². The molecule has 1 amide bonds. The molecule has 0 aliphatic carbocycles. The maximum absolute atomic E-state index is 12.6. The van der Waals surface area contributed by atoms with Crippen molar-refractivity contribution in [1.82, 2.24) is 10.2 Å². The average molecular weight is 304 g/mol. The monoisotopic (exact) mass is 304 g/mol. The second kappa shape index (κ2) is 6.80. The number of aliphatic hydroxyl groups is 1. The van der Waals surface area contributed by atoms with E-state index < -0.39 is 5.60 Å². The second-order valence-corrected chi connectivity index (χ2v) is 7.51. The number of carbonyl (C=O) groups excluding carboxylic acids is 1. The van der Waals surface area contributed by atoms with Gasteiger partial charge in [0.05, 0.1) is 0 Å². The molecule has 0 aromatic heterocycles. The Morgan fingerprint density at radius 3 is 2.59 bits per heavy atom. The molecule has 0 bridgehead atoms. The minimum absolute atomic E-state index is 0.0470. The molecule has 1 aliphatic heterocycles. The normalized spacial score (nSPS) is 22.9. The fraction of sp³-hybridized carbons (Fsp3) is 0.611. The summed E-state index contributed by atoms with van der Waals surface area (Å²) in [4.78, 5) is 14.4. The third-order valence-corrected chi connectivity index (χ3v) is 3.96. The molecule has 1 fully saturated rings. The van der Waals surface area contributed by atoms with E-state index in [9.17, 15) is 9.90 Å². The number of benzene rings is 1. The average Bonchev–Trinajstić information content (AvgIpc) is 2.44. The number of amides is 1. The molecule has 122 valence electrons. The molecular formula is C18H28N2O2. The van der Waals surface area contributed by atoms with E-state index in [0.29, 0.717) is 26.1 Å². The number of rotatable bonds is 5. The third-order valence-electron chi connectivity index (χ3n) is 3.96. The molecule has 2 rings (SSSR count). The van der Waals surface area contributed by atoms with Gasteiger partial charge in [0.1, 0.15) is 0 Å². The van der Waals surface area contributed by atoms with Gasteiger partial charge in [0.15, 0.2) is 5.60 Å². The van der Waals surface area contributed by atoms with Gasteiger partial charge in [-0.2, -0.15) is 0 Å². The summed E-state index contributed by atoms with van der Waals surface area (Å²) in [6, 6.07) is 10.0. The van der Waals surface area contributed by atoms with Gasteiger partial charge in [-0.1, -0.05) is 51.1 Å². The molecule has 1 aromatic rings. The fourth-order valence-corrected chi connectivity index (χ4v) is 2.96. The summed E-state index contributed by atoms with van der Waals surface area (Å²) in [5.41, 5.74) is -0.0650. The van der Waals surface area contributed by atoms with E-state index in [2.05, 4.69) is 26.1 Å². The number of likely N-dealkylation sites (tertiary alicyclic amines) is 1. The van der Waals surface area contributed by atoms with E-state index in [0.717, 1.165) is 18.5 Å². The Hall–Kier alpha value is -1.39. The van der Waals surface area contributed by atoms with Crippen molar-refractivity contribution in [2.45, 2.75) is 45.8 Å². The molecule has 0 unspecified atom stereocenters. The standard InChI is InChI=1S/C18H28N2O2/c1-17(2,3)14-20-11-7-10-18(22,16(20)21)13-19-12-15-8-5-4-6-9-15/h4-6,8-9,19,22H,7,10-14H2,1-3H3/t18-/m1/s1. The molecule has 4 heteroatoms. The van der Waals surface area contributed by atoms with Crippen LogP contribution in [-0.4, -0.2) is 41.1 Å². The van der Waals surface area contributed by atoms with Gasteiger partial charge in [0, 0.05) is 26.2 Å². The lowest BCUT2D eigenvalue weighted by molar-refractivity contribution is -0.158. The van der Waals surface area contributed by atoms with Crippen LogP contribution in [0.3, 0.4) is 0 Å². The van der Waals surface area contributed by atoms with E-state index in [1.165, 1.54) is 0 Å². The van der Waals surface area contributed by atoms with Crippen molar-refractivity contribution >= 4 is 5.91 Å². The Kier molecular flexibility index (Phi) is 5.24. The fourth-order valence-electron chi connectivity index (χ4n) is 2.96. The maximum Gasteiger partial charge on any atom is 0.255 e. The van der Waals surface area contributed by atoms with Gasteiger partial charge >= 0.3 is 0 Å². The van der Waals surface area contributed by atoms with Crippen LogP contribution in [0.1, 0.15) is 39.2 Å². The Morgan fingerprint density at radius 1 is 1.27 bits per heavy atom. The van der Waals surface area contributed by atoms with Crippen LogP contribution in [0.5, 0.6) is 0 Å². The first-order valence-electron chi connectivity index (χ1n) is 8.07. The van der Waals surface area contributed by atoms with Gasteiger partial charge in [-0.3, -0.25) is 4.79 Å². The summed E-state index contributed by atoms with van der Waals surface area (Å²) in [6.45, 7) is 8.74. The highest BCUT2D eigenvalue weighted by Gasteiger charge is 2.42. The third kappa shape index (κ3) is 4.55. The van der Waals surface area contributed by atoms with Gasteiger partial charge in [-0.05, 0) is 23.8 Å². The van der Waals surface area contributed by atoms with Gasteiger partial charge in [-0.25, -0.2) is 0 Å². The van der Waals surface area contributed by atoms with Crippen LogP contribution < -0.4 is 5.32 Å². The minimum atomic E-state index is -1.27. The molecule has 1 aromatic carbocycles. The molecule has 1 saturated heterocycles. The summed E-state index contributed by atoms with van der Waals surface area (Å²) in [6.07, 6.45) is 1.39. The van der Waals surface area contributed by atoms with Crippen LogP contribution >= 0.6 is 0 Å². The second-order valence-electron chi connectivity index (χ2n) is 7.51. The largest absolute Gasteiger partial charge is 0.379 e. The Labute approximate surface area is 133 Å². The maximum atomic E-state index is 12.6. The zero-order chi connectivity index (χ0) is 16.2. The quantitative estimate of drug-likeness (QED) is 0.876. The van der Waals surface area contributed by atoms with Crippen molar-refractivity contribution in [3.8, 4) is 0 Å². The molecular weight excluding hydrogens is 276 g/mol. The molecule has 1 atom stereocenters. The summed E-state index contributed by atoms with van der Waals surface area (Å²) < 4.78 is 0. The number of carbonyl (C=O) groups is 1. The summed E-state index contributed by atoms with van der Waals surface area (Å²) in [7, 11) is 0. The lowest BCUT2D eigenvalue weighted by Crippen LogP contribution is -2.59. The first kappa shape index (κ1) is 17.0. The Bertz CT molecular complexity index is 496. The molecule has 1 aliphatic rings. The molecule has 2 N–H and O–H groups in total. The number of nitrogens with zero attached hydrogens (tertiary/aromatic N) is 1. The van der Waals surface area contributed by atoms with Gasteiger partial charge in [-0.15, -0.1) is 0 Å². The van der Waals surface area contributed by atoms with E-state index in [-0.39, 0.29) is 11.3 Å². The van der Waals surface area contributed by atoms with E-state index in [4.69, 9.17) is 0 Å². The predicted octanol–water partition coefficient (Wildman–Crippen LogP) is 2.18. The number of hydrogen-bond acceptors (Lipinski definition) is 3. The molecule has 0 saturated carbocycles. The summed E-state index contributed by atoms with van der Waals surface area (Å²) >= 11 is 0. The molecule has 0 spiro atoms. The van der Waals surface area contributed by atoms with Crippen molar-refractivity contribution in [2.24, 2.45) is 5.41 Å². The van der Waals surface area contributed by atoms with Crippen molar-refractivity contribution < 1.29 is 9.90 Å². The zero-order valence-electron chi connectivity index (χ0n) is 13.9. The topological polar surface area (TPSA) is 52.6 Å². The van der Waals surface area contributed by atoms with E-state index in [1.807, 2.05) is 35.2 Å². The first-order valence-corrected chi connectivity index (χ1v) is 8.07. The number of nitrogens with one attached hydrogen (secondary N) is 1. The van der Waals surface area contributed by atoms with Gasteiger partial charge in [0.2, 0.25) is 0 Å². The highest BCUT2D eigenvalue weighted by molar-refractivity contribution is 5.86. The molecule has 0 radical (unpaired) electrons. The molecule has 4 nitrogen and oxygen atoms in total. The Balaban J connectivity index is 1.92. The lowest BCUT2D eigenvalue weighted by atomic mass is 9.88. The van der Waals surface area contributed by atoms with Crippen molar-refractivity contribution in [3.05, 3.63) is 35.9 Å². The predicted molar refractivity (Wildman–Crippen MR) is 88.4 cm³/mol. The summed E-state index contributed by atoms with van der Waals surface area (Å²) in [5, 5.41) is 14.0. The SMILES string of the molecule is CC(C)(C)CN1CCC[C@@](O)(CNCc2ccccc2)C1=O. The van der Waals surface area contributed by atoms with Crippen molar-refractivity contribution in [2.75, 3.05) is 19.6 Å². The number of hydrogen-bond donors (Lipinski definition) is 2. The lowest BCUT2D eigenvalue weighted by Gasteiger charge is -2.41. The summed E-state index contributed by atoms with van der Waals surface area (Å²) in [5.74, 6) is -0.130. The van der Waals surface area contributed by atoms with Gasteiger partial charge < -0.3 is 15.3 Å². The highest BCUT2D eigenvalue weighted by atomic mass is 16.3. The van der Waals surface area contributed by atoms with Crippen LogP contribution in [0.25, 0.3) is 0 Å². The Morgan fingerprint density at radius 2 is 1.95 bits per heavy atom. The first-order chi connectivity index (χ1) is 10.3. The minimum Gasteiger partial charge on any atom is -0.379 e. The highest BCUT2D eigenvalue weighted by Crippen LogP contribution is 2.25.